The largest absolute Gasteiger partial charge is 0.353 e. The van der Waals surface area contributed by atoms with E-state index in [1.165, 1.54) is 17.7 Å². The van der Waals surface area contributed by atoms with Crippen molar-refractivity contribution in [2.45, 2.75) is 51.1 Å². The summed E-state index contributed by atoms with van der Waals surface area (Å²) in [5, 5.41) is 5.38. The van der Waals surface area contributed by atoms with E-state index in [0.29, 0.717) is 13.1 Å². The monoisotopic (exact) mass is 373 g/mol. The molecular weight excluding hydrogens is 342 g/mol. The molecule has 1 amide bonds. The van der Waals surface area contributed by atoms with Crippen molar-refractivity contribution in [3.8, 4) is 12.3 Å². The summed E-state index contributed by atoms with van der Waals surface area (Å²) in [5.74, 6) is 3.66. The number of terminal acetylenes is 1. The van der Waals surface area contributed by atoms with Gasteiger partial charge in [0, 0.05) is 11.4 Å². The quantitative estimate of drug-likeness (QED) is 0.778. The number of carbonyl (C=O) groups is 1. The Bertz CT molecular complexity index is 601. The molecule has 1 aromatic rings. The highest BCUT2D eigenvalue weighted by molar-refractivity contribution is 7.10. The summed E-state index contributed by atoms with van der Waals surface area (Å²) in [6, 6.07) is 4.53. The van der Waals surface area contributed by atoms with Crippen LogP contribution in [-0.4, -0.2) is 54.5 Å². The normalized spacial score (nSPS) is 24.1. The van der Waals surface area contributed by atoms with Crippen LogP contribution in [0.1, 0.15) is 49.9 Å². The molecule has 0 aliphatic carbocycles. The van der Waals surface area contributed by atoms with Crippen molar-refractivity contribution < 1.29 is 4.79 Å². The van der Waals surface area contributed by atoms with Gasteiger partial charge in [-0.3, -0.25) is 14.6 Å². The maximum atomic E-state index is 12.9. The lowest BCUT2D eigenvalue weighted by Gasteiger charge is -2.37. The molecule has 0 radical (unpaired) electrons. The Morgan fingerprint density at radius 1 is 1.35 bits per heavy atom. The van der Waals surface area contributed by atoms with Gasteiger partial charge in [0.05, 0.1) is 18.6 Å². The van der Waals surface area contributed by atoms with Crippen LogP contribution in [0.2, 0.25) is 0 Å². The molecule has 2 saturated heterocycles. The molecule has 0 saturated carbocycles. The first-order valence-electron chi connectivity index (χ1n) is 9.91. The number of amides is 1. The first kappa shape index (κ1) is 19.4. The second kappa shape index (κ2) is 9.55. The van der Waals surface area contributed by atoms with Gasteiger partial charge in [-0.15, -0.1) is 17.8 Å². The minimum atomic E-state index is -0.0647. The number of piperidine rings is 2. The molecule has 5 heteroatoms. The van der Waals surface area contributed by atoms with Gasteiger partial charge >= 0.3 is 0 Å². The van der Waals surface area contributed by atoms with Crippen LogP contribution in [0.5, 0.6) is 0 Å². The zero-order chi connectivity index (χ0) is 18.4. The molecule has 4 nitrogen and oxygen atoms in total. The highest BCUT2D eigenvalue weighted by atomic mass is 32.1. The lowest BCUT2D eigenvalue weighted by molar-refractivity contribution is -0.127. The molecule has 2 atom stereocenters. The summed E-state index contributed by atoms with van der Waals surface area (Å²) in [6.07, 6.45) is 11.1. The summed E-state index contributed by atoms with van der Waals surface area (Å²) in [6.45, 7) is 6.76. The van der Waals surface area contributed by atoms with E-state index in [4.69, 9.17) is 6.42 Å². The van der Waals surface area contributed by atoms with Crippen LogP contribution >= 0.6 is 11.3 Å². The third kappa shape index (κ3) is 4.88. The molecular formula is C21H31N3OS. The SMILES string of the molecule is C#CCN1CCCCC1C(=O)NCC(c1cccs1)N1CCC(C)CC1. The molecule has 1 N–H and O–H groups in total. The molecule has 142 valence electrons. The van der Waals surface area contributed by atoms with E-state index in [0.717, 1.165) is 44.8 Å². The fraction of sp³-hybridized carbons (Fsp3) is 0.667. The molecule has 26 heavy (non-hydrogen) atoms. The molecule has 3 heterocycles. The first-order valence-corrected chi connectivity index (χ1v) is 10.8. The zero-order valence-electron chi connectivity index (χ0n) is 15.8. The first-order chi connectivity index (χ1) is 12.7. The number of carbonyl (C=O) groups excluding carboxylic acids is 1. The van der Waals surface area contributed by atoms with Gasteiger partial charge < -0.3 is 5.32 Å². The predicted molar refractivity (Wildman–Crippen MR) is 108 cm³/mol. The Balaban J connectivity index is 1.62. The second-order valence-corrected chi connectivity index (χ2v) is 8.66. The van der Waals surface area contributed by atoms with Gasteiger partial charge in [0.2, 0.25) is 5.91 Å². The fourth-order valence-corrected chi connectivity index (χ4v) is 5.00. The number of rotatable bonds is 6. The summed E-state index contributed by atoms with van der Waals surface area (Å²) < 4.78 is 0. The van der Waals surface area contributed by atoms with Gasteiger partial charge in [0.25, 0.3) is 0 Å². The highest BCUT2D eigenvalue weighted by Crippen LogP contribution is 2.29. The number of nitrogens with zero attached hydrogens (tertiary/aromatic N) is 2. The molecule has 2 aliphatic heterocycles. The van der Waals surface area contributed by atoms with Crippen molar-refractivity contribution in [2.75, 3.05) is 32.7 Å². The average molecular weight is 374 g/mol. The molecule has 0 aromatic carbocycles. The minimum Gasteiger partial charge on any atom is -0.353 e. The Morgan fingerprint density at radius 3 is 2.85 bits per heavy atom. The molecule has 2 unspecified atom stereocenters. The number of nitrogens with one attached hydrogen (secondary N) is 1. The average Bonchev–Trinajstić information content (AvgIpc) is 3.18. The van der Waals surface area contributed by atoms with Gasteiger partial charge in [-0.25, -0.2) is 0 Å². The second-order valence-electron chi connectivity index (χ2n) is 7.68. The fourth-order valence-electron chi connectivity index (χ4n) is 4.14. The van der Waals surface area contributed by atoms with Crippen LogP contribution in [-0.2, 0) is 4.79 Å². The van der Waals surface area contributed by atoms with Crippen LogP contribution in [0.3, 0.4) is 0 Å². The van der Waals surface area contributed by atoms with Crippen LogP contribution in [0.25, 0.3) is 0 Å². The number of thiophene rings is 1. The molecule has 2 fully saturated rings. The van der Waals surface area contributed by atoms with Gasteiger partial charge in [-0.05, 0) is 62.7 Å². The molecule has 0 bridgehead atoms. The maximum Gasteiger partial charge on any atom is 0.237 e. The van der Waals surface area contributed by atoms with Crippen LogP contribution < -0.4 is 5.32 Å². The summed E-state index contributed by atoms with van der Waals surface area (Å²) in [4.78, 5) is 18.9. The van der Waals surface area contributed by atoms with Gasteiger partial charge in [-0.2, -0.15) is 0 Å². The molecule has 3 rings (SSSR count). The third-order valence-corrected chi connectivity index (χ3v) is 6.78. The molecule has 0 spiro atoms. The number of hydrogen-bond donors (Lipinski definition) is 1. The van der Waals surface area contributed by atoms with Crippen molar-refractivity contribution in [3.63, 3.8) is 0 Å². The summed E-state index contributed by atoms with van der Waals surface area (Å²) in [7, 11) is 0. The van der Waals surface area contributed by atoms with Gasteiger partial charge in [0.15, 0.2) is 0 Å². The van der Waals surface area contributed by atoms with Crippen LogP contribution in [0.4, 0.5) is 0 Å². The maximum absolute atomic E-state index is 12.9. The van der Waals surface area contributed by atoms with Crippen molar-refractivity contribution in [1.29, 1.82) is 0 Å². The summed E-state index contributed by atoms with van der Waals surface area (Å²) >= 11 is 1.79. The van der Waals surface area contributed by atoms with Crippen LogP contribution in [0.15, 0.2) is 17.5 Å². The Labute approximate surface area is 161 Å². The van der Waals surface area contributed by atoms with Crippen molar-refractivity contribution >= 4 is 17.2 Å². The number of likely N-dealkylation sites (tertiary alicyclic amines) is 2. The Kier molecular flexibility index (Phi) is 7.13. The predicted octanol–water partition coefficient (Wildman–Crippen LogP) is 3.13. The lowest BCUT2D eigenvalue weighted by atomic mass is 9.97. The van der Waals surface area contributed by atoms with Crippen molar-refractivity contribution in [3.05, 3.63) is 22.4 Å². The minimum absolute atomic E-state index is 0.0647. The van der Waals surface area contributed by atoms with Crippen molar-refractivity contribution in [2.24, 2.45) is 5.92 Å². The van der Waals surface area contributed by atoms with E-state index < -0.39 is 0 Å². The Hall–Kier alpha value is -1.35. The van der Waals surface area contributed by atoms with Gasteiger partial charge in [0.1, 0.15) is 0 Å². The van der Waals surface area contributed by atoms with Crippen molar-refractivity contribution in [1.82, 2.24) is 15.1 Å². The van der Waals surface area contributed by atoms with Gasteiger partial charge in [-0.1, -0.05) is 25.3 Å². The molecule has 2 aliphatic rings. The van der Waals surface area contributed by atoms with E-state index in [1.807, 2.05) is 0 Å². The Morgan fingerprint density at radius 2 is 2.15 bits per heavy atom. The third-order valence-electron chi connectivity index (χ3n) is 5.81. The van der Waals surface area contributed by atoms with E-state index in [2.05, 4.69) is 45.5 Å². The summed E-state index contributed by atoms with van der Waals surface area (Å²) in [5.41, 5.74) is 0. The lowest BCUT2D eigenvalue weighted by Crippen LogP contribution is -2.51. The van der Waals surface area contributed by atoms with E-state index in [9.17, 15) is 4.79 Å². The highest BCUT2D eigenvalue weighted by Gasteiger charge is 2.30. The number of hydrogen-bond acceptors (Lipinski definition) is 4. The zero-order valence-corrected chi connectivity index (χ0v) is 16.6. The van der Waals surface area contributed by atoms with Crippen LogP contribution in [0, 0.1) is 18.3 Å². The van der Waals surface area contributed by atoms with E-state index >= 15 is 0 Å². The topological polar surface area (TPSA) is 35.6 Å². The van der Waals surface area contributed by atoms with E-state index in [-0.39, 0.29) is 18.0 Å². The smallest absolute Gasteiger partial charge is 0.237 e. The van der Waals surface area contributed by atoms with E-state index in [1.54, 1.807) is 11.3 Å². The molecule has 1 aromatic heterocycles. The standard InChI is InChI=1S/C21H31N3OS/c1-3-11-23-12-5-4-7-18(23)21(25)22-16-19(20-8-6-15-26-20)24-13-9-17(2)10-14-24/h1,6,8,15,17-19H,4-5,7,9-14,16H2,2H3,(H,22,25).